The highest BCUT2D eigenvalue weighted by Crippen LogP contribution is 2.40. The van der Waals surface area contributed by atoms with Crippen molar-refractivity contribution in [1.82, 2.24) is 40.4 Å². The molecular formula is C38H44N8O6S2. The Morgan fingerprint density at radius 2 is 1.31 bits per heavy atom. The number of hydrogen-bond acceptors (Lipinski definition) is 10. The Hall–Kier alpha value is -5.32. The molecule has 4 unspecified atom stereocenters. The summed E-state index contributed by atoms with van der Waals surface area (Å²) >= 11 is 3.21. The van der Waals surface area contributed by atoms with E-state index in [2.05, 4.69) is 54.6 Å². The molecule has 0 aromatic carbocycles. The maximum atomic E-state index is 13.6. The first kappa shape index (κ1) is 38.4. The molecule has 0 aliphatic carbocycles. The van der Waals surface area contributed by atoms with Crippen molar-refractivity contribution < 1.29 is 28.7 Å². The third kappa shape index (κ3) is 8.10. The molecule has 0 saturated carbocycles. The summed E-state index contributed by atoms with van der Waals surface area (Å²) in [7, 11) is 2.56. The molecule has 4 amide bonds. The van der Waals surface area contributed by atoms with Gasteiger partial charge in [0.25, 0.3) is 0 Å². The van der Waals surface area contributed by atoms with Crippen LogP contribution >= 0.6 is 22.7 Å². The van der Waals surface area contributed by atoms with E-state index < -0.39 is 24.3 Å². The van der Waals surface area contributed by atoms with Crippen LogP contribution in [0.3, 0.4) is 0 Å². The predicted octanol–water partition coefficient (Wildman–Crippen LogP) is 5.57. The van der Waals surface area contributed by atoms with Gasteiger partial charge < -0.3 is 39.9 Å². The minimum Gasteiger partial charge on any atom is -0.453 e. The molecule has 0 radical (unpaired) electrons. The van der Waals surface area contributed by atoms with Crippen LogP contribution in [0.1, 0.15) is 88.4 Å². The zero-order chi connectivity index (χ0) is 38.5. The van der Waals surface area contributed by atoms with Gasteiger partial charge in [0.05, 0.1) is 59.4 Å². The van der Waals surface area contributed by atoms with Crippen molar-refractivity contribution in [2.45, 2.75) is 77.5 Å². The van der Waals surface area contributed by atoms with Crippen LogP contribution in [0.25, 0.3) is 20.7 Å². The van der Waals surface area contributed by atoms with Crippen LogP contribution in [0.5, 0.6) is 0 Å². The number of fused-ring (bicyclic) bond motifs is 1. The molecule has 54 heavy (non-hydrogen) atoms. The second-order valence-corrected chi connectivity index (χ2v) is 15.7. The fourth-order valence-corrected chi connectivity index (χ4v) is 9.19. The Balaban J connectivity index is 1.12. The summed E-state index contributed by atoms with van der Waals surface area (Å²) < 4.78 is 11.6. The van der Waals surface area contributed by atoms with E-state index in [1.54, 1.807) is 38.7 Å². The molecule has 2 aliphatic heterocycles. The van der Waals surface area contributed by atoms with Gasteiger partial charge in [-0.15, -0.1) is 22.7 Å². The molecular weight excluding hydrogens is 729 g/mol. The zero-order valence-electron chi connectivity index (χ0n) is 31.1. The van der Waals surface area contributed by atoms with E-state index in [9.17, 15) is 19.2 Å². The van der Waals surface area contributed by atoms with Gasteiger partial charge in [0, 0.05) is 29.4 Å². The molecule has 4 N–H and O–H groups in total. The molecule has 284 valence electrons. The normalized spacial score (nSPS) is 17.9. The van der Waals surface area contributed by atoms with Gasteiger partial charge in [0.15, 0.2) is 0 Å². The molecule has 4 atom stereocenters. The number of nitrogens with zero attached hydrogens (tertiary/aromatic N) is 4. The fraction of sp³-hybridized carbons (Fsp3) is 0.474. The number of H-pyrrole nitrogens is 2. The summed E-state index contributed by atoms with van der Waals surface area (Å²) in [5, 5.41) is 9.46. The van der Waals surface area contributed by atoms with Gasteiger partial charge in [0.1, 0.15) is 29.4 Å². The topological polar surface area (TPSA) is 175 Å². The van der Waals surface area contributed by atoms with E-state index in [1.165, 1.54) is 14.2 Å². The van der Waals surface area contributed by atoms with Gasteiger partial charge in [-0.25, -0.2) is 19.6 Å². The summed E-state index contributed by atoms with van der Waals surface area (Å²) in [6.45, 7) is 8.71. The Morgan fingerprint density at radius 1 is 0.778 bits per heavy atom. The lowest BCUT2D eigenvalue weighted by Gasteiger charge is -2.30. The highest BCUT2D eigenvalue weighted by molar-refractivity contribution is 7.27. The summed E-state index contributed by atoms with van der Waals surface area (Å²) in [5.41, 5.74) is 3.36. The number of ether oxygens (including phenoxy) is 2. The van der Waals surface area contributed by atoms with E-state index >= 15 is 0 Å². The Labute approximate surface area is 321 Å². The van der Waals surface area contributed by atoms with Crippen LogP contribution in [0, 0.1) is 35.5 Å². The highest BCUT2D eigenvalue weighted by atomic mass is 32.1. The van der Waals surface area contributed by atoms with Crippen molar-refractivity contribution in [3.63, 3.8) is 0 Å². The number of aromatic amines is 2. The second-order valence-electron chi connectivity index (χ2n) is 13.9. The number of amides is 4. The van der Waals surface area contributed by atoms with Gasteiger partial charge in [-0.3, -0.25) is 9.59 Å². The smallest absolute Gasteiger partial charge is 0.407 e. The molecule has 6 rings (SSSR count). The van der Waals surface area contributed by atoms with Crippen LogP contribution in [-0.4, -0.2) is 93.1 Å². The number of carbonyl (C=O) groups is 4. The van der Waals surface area contributed by atoms with E-state index in [4.69, 9.17) is 14.5 Å². The molecule has 6 heterocycles. The number of thiophene rings is 2. The summed E-state index contributed by atoms with van der Waals surface area (Å²) in [4.78, 5) is 70.3. The van der Waals surface area contributed by atoms with Crippen LogP contribution in [0.15, 0.2) is 23.2 Å². The Kier molecular flexibility index (Phi) is 11.9. The van der Waals surface area contributed by atoms with Crippen molar-refractivity contribution in [1.29, 1.82) is 0 Å². The van der Waals surface area contributed by atoms with Crippen molar-refractivity contribution in [3.8, 4) is 34.9 Å². The fourth-order valence-electron chi connectivity index (χ4n) is 6.89. The molecule has 0 spiro atoms. The quantitative estimate of drug-likeness (QED) is 0.160. The molecule has 2 saturated heterocycles. The Bertz CT molecular complexity index is 2140. The molecule has 0 bridgehead atoms. The van der Waals surface area contributed by atoms with Crippen molar-refractivity contribution in [2.24, 2.45) is 11.8 Å². The number of carbonyl (C=O) groups excluding carboxylic acids is 4. The molecule has 14 nitrogen and oxygen atoms in total. The molecule has 4 aromatic heterocycles. The van der Waals surface area contributed by atoms with Crippen LogP contribution in [0.2, 0.25) is 0 Å². The number of methoxy groups -OCH3 is 2. The highest BCUT2D eigenvalue weighted by Gasteiger charge is 2.39. The average molecular weight is 773 g/mol. The van der Waals surface area contributed by atoms with Gasteiger partial charge in [0.2, 0.25) is 11.8 Å². The van der Waals surface area contributed by atoms with Crippen LogP contribution in [-0.2, 0) is 19.1 Å². The van der Waals surface area contributed by atoms with E-state index in [-0.39, 0.29) is 35.7 Å². The maximum absolute atomic E-state index is 13.6. The van der Waals surface area contributed by atoms with Crippen molar-refractivity contribution in [3.05, 3.63) is 46.1 Å². The van der Waals surface area contributed by atoms with Crippen molar-refractivity contribution >= 4 is 56.1 Å². The lowest BCUT2D eigenvalue weighted by Crippen LogP contribution is -2.51. The van der Waals surface area contributed by atoms with E-state index in [1.807, 2.05) is 39.3 Å². The predicted molar refractivity (Wildman–Crippen MR) is 205 cm³/mol. The summed E-state index contributed by atoms with van der Waals surface area (Å²) in [6, 6.07) is -1.87. The summed E-state index contributed by atoms with van der Waals surface area (Å²) in [6.07, 6.45) is 5.37. The second kappa shape index (κ2) is 16.8. The average Bonchev–Trinajstić information content (AvgIpc) is 4.00. The minimum atomic E-state index is -0.704. The number of hydrogen-bond donors (Lipinski definition) is 4. The SMILES string of the molecule is COC(=O)NC(C(=O)N1CCCC1c1ncc(C#CC#Cc2csc3c(-c4cnc(C5CCCN5C(=O)C(NC(=O)OC)C(C)C)[nH]4)csc23)[nH]1)C(C)C. The third-order valence-electron chi connectivity index (χ3n) is 9.71. The molecule has 2 aliphatic rings. The number of imidazole rings is 2. The number of rotatable bonds is 9. The first-order valence-corrected chi connectivity index (χ1v) is 19.7. The lowest BCUT2D eigenvalue weighted by atomic mass is 10.0. The lowest BCUT2D eigenvalue weighted by molar-refractivity contribution is -0.136. The van der Waals surface area contributed by atoms with Crippen LogP contribution in [0.4, 0.5) is 9.59 Å². The van der Waals surface area contributed by atoms with Gasteiger partial charge in [-0.05, 0) is 55.3 Å². The molecule has 2 fully saturated rings. The minimum absolute atomic E-state index is 0.112. The number of alkyl carbamates (subject to hydrolysis) is 2. The van der Waals surface area contributed by atoms with E-state index in [0.29, 0.717) is 30.4 Å². The first-order chi connectivity index (χ1) is 26.0. The molecule has 4 aromatic rings. The standard InChI is InChI=1S/C38H44N8O6S2/c1-21(2)29(43-37(49)51-5)35(47)45-15-9-13-27(45)33-39-17-24(41-33)12-8-7-11-23-19-53-32-25(20-54-31(23)32)26-18-40-34(42-26)28-14-10-16-46(28)36(48)30(22(3)4)44-38(50)52-6/h17-22,27-30H,9-10,13-16H2,1-6H3,(H,39,41)(H,40,42)(H,43,49)(H,44,50). The van der Waals surface area contributed by atoms with Gasteiger partial charge >= 0.3 is 12.2 Å². The van der Waals surface area contributed by atoms with Crippen molar-refractivity contribution in [2.75, 3.05) is 27.3 Å². The number of aromatic nitrogens is 4. The number of likely N-dealkylation sites (tertiary alicyclic amines) is 2. The van der Waals surface area contributed by atoms with Gasteiger partial charge in [-0.2, -0.15) is 0 Å². The Morgan fingerprint density at radius 3 is 1.89 bits per heavy atom. The zero-order valence-corrected chi connectivity index (χ0v) is 32.7. The summed E-state index contributed by atoms with van der Waals surface area (Å²) in [5.74, 6) is 12.9. The maximum Gasteiger partial charge on any atom is 0.407 e. The number of nitrogens with one attached hydrogen (secondary N) is 4. The largest absolute Gasteiger partial charge is 0.453 e. The van der Waals surface area contributed by atoms with E-state index in [0.717, 1.165) is 51.9 Å². The molecule has 16 heteroatoms. The van der Waals surface area contributed by atoms with Gasteiger partial charge in [-0.1, -0.05) is 33.6 Å². The monoisotopic (exact) mass is 772 g/mol. The third-order valence-corrected chi connectivity index (χ3v) is 11.9. The first-order valence-electron chi connectivity index (χ1n) is 17.9. The van der Waals surface area contributed by atoms with Crippen LogP contribution < -0.4 is 10.6 Å².